The zero-order valence-corrected chi connectivity index (χ0v) is 11.5. The highest BCUT2D eigenvalue weighted by Crippen LogP contribution is 2.10. The van der Waals surface area contributed by atoms with Crippen LogP contribution in [0, 0.1) is 6.92 Å². The van der Waals surface area contributed by atoms with Crippen molar-refractivity contribution < 1.29 is 0 Å². The molecule has 1 nitrogen and oxygen atoms in total. The molecule has 0 fully saturated rings. The molecule has 0 unspecified atom stereocenters. The number of anilines is 1. The van der Waals surface area contributed by atoms with E-state index in [1.165, 1.54) is 16.0 Å². The van der Waals surface area contributed by atoms with Gasteiger partial charge in [0.1, 0.15) is 0 Å². The summed E-state index contributed by atoms with van der Waals surface area (Å²) in [5.41, 5.74) is 3.51. The highest BCUT2D eigenvalue weighted by atomic mass is 14.9. The first kappa shape index (κ1) is 13.2. The normalized spacial score (nSPS) is 13.1. The summed E-state index contributed by atoms with van der Waals surface area (Å²) < 4.78 is 0. The Morgan fingerprint density at radius 1 is 1.05 bits per heavy atom. The number of aryl methyl sites for hydroxylation is 1. The topological polar surface area (TPSA) is 12.0 Å². The Labute approximate surface area is 114 Å². The summed E-state index contributed by atoms with van der Waals surface area (Å²) in [4.78, 5) is 0. The van der Waals surface area contributed by atoms with Crippen LogP contribution in [0.2, 0.25) is 0 Å². The lowest BCUT2D eigenvalue weighted by molar-refractivity contribution is 1.41. The van der Waals surface area contributed by atoms with Gasteiger partial charge in [0.05, 0.1) is 0 Å². The zero-order chi connectivity index (χ0) is 13.7. The Hall–Kier alpha value is -2.28. The molecule has 0 aromatic heterocycles. The molecule has 0 spiro atoms. The highest BCUT2D eigenvalue weighted by molar-refractivity contribution is 5.63. The molecule has 1 heteroatoms. The van der Waals surface area contributed by atoms with Crippen LogP contribution in [0.1, 0.15) is 12.5 Å². The predicted octanol–water partition coefficient (Wildman–Crippen LogP) is 3.20. The van der Waals surface area contributed by atoms with Gasteiger partial charge in [-0.2, -0.15) is 0 Å². The molecule has 96 valence electrons. The second-order valence-electron chi connectivity index (χ2n) is 4.61. The number of hydrogen-bond donors (Lipinski definition) is 1. The van der Waals surface area contributed by atoms with Gasteiger partial charge in [0.2, 0.25) is 0 Å². The van der Waals surface area contributed by atoms with E-state index in [9.17, 15) is 0 Å². The van der Waals surface area contributed by atoms with E-state index in [2.05, 4.69) is 68.2 Å². The average molecular weight is 249 g/mol. The van der Waals surface area contributed by atoms with Gasteiger partial charge in [0.15, 0.2) is 0 Å². The Kier molecular flexibility index (Phi) is 4.19. The molecular weight excluding hydrogens is 230 g/mol. The summed E-state index contributed by atoms with van der Waals surface area (Å²) >= 11 is 0. The van der Waals surface area contributed by atoms with Crippen molar-refractivity contribution in [2.24, 2.45) is 0 Å². The van der Waals surface area contributed by atoms with Crippen molar-refractivity contribution in [2.45, 2.75) is 13.8 Å². The van der Waals surface area contributed by atoms with Gasteiger partial charge < -0.3 is 5.32 Å². The Morgan fingerprint density at radius 3 is 2.42 bits per heavy atom. The SMILES string of the molecule is C=C/C=c1/cccc/c1=C(/C)Nc1ccc(C)cc1. The molecule has 0 bridgehead atoms. The monoisotopic (exact) mass is 249 g/mol. The first-order chi connectivity index (χ1) is 9.20. The van der Waals surface area contributed by atoms with Crippen LogP contribution in [0.3, 0.4) is 0 Å². The van der Waals surface area contributed by atoms with Crippen molar-refractivity contribution in [3.8, 4) is 0 Å². The zero-order valence-electron chi connectivity index (χ0n) is 11.5. The fraction of sp³-hybridized carbons (Fsp3) is 0.111. The van der Waals surface area contributed by atoms with E-state index in [1.807, 2.05) is 18.2 Å². The van der Waals surface area contributed by atoms with Gasteiger partial charge in [0.25, 0.3) is 0 Å². The van der Waals surface area contributed by atoms with E-state index in [-0.39, 0.29) is 0 Å². The van der Waals surface area contributed by atoms with Crippen LogP contribution >= 0.6 is 0 Å². The lowest BCUT2D eigenvalue weighted by Gasteiger charge is -2.07. The predicted molar refractivity (Wildman–Crippen MR) is 84.2 cm³/mol. The smallest absolute Gasteiger partial charge is 0.0382 e. The van der Waals surface area contributed by atoms with Crippen molar-refractivity contribution in [3.63, 3.8) is 0 Å². The van der Waals surface area contributed by atoms with Crippen molar-refractivity contribution in [2.75, 3.05) is 5.32 Å². The summed E-state index contributed by atoms with van der Waals surface area (Å²) in [6.07, 6.45) is 3.84. The molecule has 0 saturated carbocycles. The first-order valence-corrected chi connectivity index (χ1v) is 6.43. The summed E-state index contributed by atoms with van der Waals surface area (Å²) in [5.74, 6) is 0. The molecule has 0 aliphatic carbocycles. The third-order valence-corrected chi connectivity index (χ3v) is 3.05. The van der Waals surface area contributed by atoms with Crippen LogP contribution in [-0.4, -0.2) is 0 Å². The second kappa shape index (κ2) is 6.05. The molecule has 2 aromatic carbocycles. The average Bonchev–Trinajstić information content (AvgIpc) is 2.42. The van der Waals surface area contributed by atoms with Gasteiger partial charge in [0, 0.05) is 16.6 Å². The lowest BCUT2D eigenvalue weighted by atomic mass is 10.2. The largest absolute Gasteiger partial charge is 0.359 e. The minimum Gasteiger partial charge on any atom is -0.359 e. The van der Waals surface area contributed by atoms with Gasteiger partial charge in [-0.15, -0.1) is 0 Å². The van der Waals surface area contributed by atoms with Crippen LogP contribution in [0.4, 0.5) is 5.69 Å². The minimum atomic E-state index is 1.11. The molecule has 0 aliphatic heterocycles. The van der Waals surface area contributed by atoms with E-state index in [0.29, 0.717) is 0 Å². The van der Waals surface area contributed by atoms with Crippen LogP contribution < -0.4 is 15.8 Å². The second-order valence-corrected chi connectivity index (χ2v) is 4.61. The van der Waals surface area contributed by atoms with Crippen LogP contribution in [0.5, 0.6) is 0 Å². The molecular formula is C18H19N. The lowest BCUT2D eigenvalue weighted by Crippen LogP contribution is -2.27. The molecule has 0 amide bonds. The fourth-order valence-electron chi connectivity index (χ4n) is 2.03. The maximum absolute atomic E-state index is 3.76. The number of benzene rings is 2. The quantitative estimate of drug-likeness (QED) is 0.881. The van der Waals surface area contributed by atoms with E-state index in [4.69, 9.17) is 0 Å². The summed E-state index contributed by atoms with van der Waals surface area (Å²) in [6, 6.07) is 16.7. The molecule has 2 rings (SSSR count). The highest BCUT2D eigenvalue weighted by Gasteiger charge is 1.95. The van der Waals surface area contributed by atoms with Crippen LogP contribution in [0.15, 0.2) is 61.2 Å². The maximum atomic E-state index is 3.76. The minimum absolute atomic E-state index is 1.11. The number of allylic oxidation sites excluding steroid dienone is 1. The van der Waals surface area contributed by atoms with Crippen molar-refractivity contribution in [1.82, 2.24) is 0 Å². The van der Waals surface area contributed by atoms with Gasteiger partial charge in [-0.1, -0.05) is 60.7 Å². The Bertz CT molecular complexity index is 678. The third kappa shape index (κ3) is 3.35. The molecule has 2 aromatic rings. The number of nitrogens with one attached hydrogen (secondary N) is 1. The standard InChI is InChI=1S/C18H19N/c1-4-7-16-8-5-6-9-18(16)15(3)19-17-12-10-14(2)11-13-17/h4-13,19H,1H2,2-3H3/b16-7-,18-15+. The Balaban J connectivity index is 2.45. The van der Waals surface area contributed by atoms with E-state index in [1.54, 1.807) is 0 Å². The molecule has 0 saturated heterocycles. The molecule has 0 atom stereocenters. The van der Waals surface area contributed by atoms with Crippen molar-refractivity contribution in [3.05, 3.63) is 77.2 Å². The molecule has 0 heterocycles. The van der Waals surface area contributed by atoms with Crippen LogP contribution in [-0.2, 0) is 0 Å². The summed E-state index contributed by atoms with van der Waals surface area (Å²) in [7, 11) is 0. The van der Waals surface area contributed by atoms with E-state index < -0.39 is 0 Å². The summed E-state index contributed by atoms with van der Waals surface area (Å²) in [6.45, 7) is 7.95. The van der Waals surface area contributed by atoms with E-state index in [0.717, 1.165) is 11.4 Å². The fourth-order valence-corrected chi connectivity index (χ4v) is 2.03. The molecule has 0 aliphatic rings. The Morgan fingerprint density at radius 2 is 1.74 bits per heavy atom. The third-order valence-electron chi connectivity index (χ3n) is 3.05. The van der Waals surface area contributed by atoms with Gasteiger partial charge in [-0.3, -0.25) is 0 Å². The van der Waals surface area contributed by atoms with E-state index >= 15 is 0 Å². The van der Waals surface area contributed by atoms with Crippen molar-refractivity contribution in [1.29, 1.82) is 0 Å². The van der Waals surface area contributed by atoms with Gasteiger partial charge in [-0.05, 0) is 31.2 Å². The van der Waals surface area contributed by atoms with Gasteiger partial charge in [-0.25, -0.2) is 0 Å². The maximum Gasteiger partial charge on any atom is 0.0382 e. The first-order valence-electron chi connectivity index (χ1n) is 6.43. The summed E-state index contributed by atoms with van der Waals surface area (Å²) in [5, 5.41) is 5.82. The molecule has 1 N–H and O–H groups in total. The van der Waals surface area contributed by atoms with Crippen LogP contribution in [0.25, 0.3) is 11.8 Å². The van der Waals surface area contributed by atoms with Gasteiger partial charge >= 0.3 is 0 Å². The number of rotatable bonds is 3. The van der Waals surface area contributed by atoms with Crippen molar-refractivity contribution >= 4 is 17.5 Å². The number of hydrogen-bond acceptors (Lipinski definition) is 1. The molecule has 0 radical (unpaired) electrons. The molecule has 19 heavy (non-hydrogen) atoms.